The van der Waals surface area contributed by atoms with Gasteiger partial charge in [0.25, 0.3) is 5.91 Å². The van der Waals surface area contributed by atoms with Crippen LogP contribution in [0.3, 0.4) is 0 Å². The molecule has 8 heteroatoms. The number of hydrogen-bond donors (Lipinski definition) is 3. The lowest BCUT2D eigenvalue weighted by atomic mass is 10.0. The Morgan fingerprint density at radius 1 is 1.17 bits per heavy atom. The summed E-state index contributed by atoms with van der Waals surface area (Å²) in [6.45, 7) is 2.93. The Balaban J connectivity index is 1.22. The van der Waals surface area contributed by atoms with Crippen LogP contribution in [-0.4, -0.2) is 41.8 Å². The Bertz CT molecular complexity index is 1020. The van der Waals surface area contributed by atoms with E-state index in [1.807, 2.05) is 29.5 Å². The molecule has 3 aliphatic rings. The number of amides is 3. The maximum Gasteiger partial charge on any atom is 0.255 e. The molecule has 5 rings (SSSR count). The highest BCUT2D eigenvalue weighted by atomic mass is 32.1. The molecule has 4 heterocycles. The number of carbonyl (C=O) groups is 3. The second-order valence-corrected chi connectivity index (χ2v) is 9.08. The van der Waals surface area contributed by atoms with E-state index in [9.17, 15) is 14.4 Å². The average Bonchev–Trinajstić information content (AvgIpc) is 3.34. The smallest absolute Gasteiger partial charge is 0.255 e. The molecule has 3 N–H and O–H groups in total. The van der Waals surface area contributed by atoms with Gasteiger partial charge in [-0.05, 0) is 47.0 Å². The third-order valence-corrected chi connectivity index (χ3v) is 7.16. The predicted molar refractivity (Wildman–Crippen MR) is 113 cm³/mol. The molecule has 0 spiro atoms. The summed E-state index contributed by atoms with van der Waals surface area (Å²) in [5, 5.41) is 11.6. The van der Waals surface area contributed by atoms with Crippen molar-refractivity contribution < 1.29 is 14.4 Å². The molecule has 0 bridgehead atoms. The fourth-order valence-electron chi connectivity index (χ4n) is 4.59. The number of carbonyl (C=O) groups excluding carboxylic acids is 3. The van der Waals surface area contributed by atoms with Gasteiger partial charge < -0.3 is 15.5 Å². The van der Waals surface area contributed by atoms with Crippen LogP contribution in [-0.2, 0) is 29.1 Å². The van der Waals surface area contributed by atoms with Crippen molar-refractivity contribution in [1.82, 2.24) is 20.9 Å². The summed E-state index contributed by atoms with van der Waals surface area (Å²) in [5.74, 6) is -0.768. The van der Waals surface area contributed by atoms with E-state index in [1.54, 1.807) is 4.90 Å². The molecule has 7 nitrogen and oxygen atoms in total. The van der Waals surface area contributed by atoms with Crippen molar-refractivity contribution in [2.24, 2.45) is 0 Å². The minimum absolute atomic E-state index is 0.127. The maximum atomic E-state index is 12.9. The van der Waals surface area contributed by atoms with E-state index >= 15 is 0 Å². The minimum atomic E-state index is -0.568. The summed E-state index contributed by atoms with van der Waals surface area (Å²) >= 11 is 1.83. The number of imide groups is 1. The van der Waals surface area contributed by atoms with Gasteiger partial charge in [-0.2, -0.15) is 0 Å². The second-order valence-electron chi connectivity index (χ2n) is 8.08. The molecular weight excluding hydrogens is 400 g/mol. The van der Waals surface area contributed by atoms with Crippen LogP contribution in [0, 0.1) is 0 Å². The number of thiophene rings is 1. The molecule has 2 aromatic rings. The molecule has 30 heavy (non-hydrogen) atoms. The Kier molecular flexibility index (Phi) is 5.14. The molecule has 0 aliphatic carbocycles. The van der Waals surface area contributed by atoms with Crippen molar-refractivity contribution in [1.29, 1.82) is 0 Å². The fourth-order valence-corrected chi connectivity index (χ4v) is 5.53. The van der Waals surface area contributed by atoms with Gasteiger partial charge >= 0.3 is 0 Å². The van der Waals surface area contributed by atoms with Crippen LogP contribution in [0.1, 0.15) is 50.8 Å². The molecule has 2 atom stereocenters. The van der Waals surface area contributed by atoms with Crippen molar-refractivity contribution in [2.45, 2.75) is 44.4 Å². The van der Waals surface area contributed by atoms with Crippen molar-refractivity contribution in [3.05, 3.63) is 56.8 Å². The van der Waals surface area contributed by atoms with Gasteiger partial charge in [0.2, 0.25) is 11.8 Å². The third-order valence-electron chi connectivity index (χ3n) is 6.17. The molecule has 156 valence electrons. The predicted octanol–water partition coefficient (Wildman–Crippen LogP) is 1.49. The number of fused-ring (bicyclic) bond motifs is 2. The van der Waals surface area contributed by atoms with Crippen LogP contribution in [0.2, 0.25) is 0 Å². The minimum Gasteiger partial charge on any atom is -0.322 e. The highest BCUT2D eigenvalue weighted by Gasteiger charge is 2.39. The van der Waals surface area contributed by atoms with Gasteiger partial charge in [-0.3, -0.25) is 19.7 Å². The van der Waals surface area contributed by atoms with Gasteiger partial charge in [0, 0.05) is 49.1 Å². The van der Waals surface area contributed by atoms with E-state index < -0.39 is 6.04 Å². The van der Waals surface area contributed by atoms with Crippen LogP contribution in [0.15, 0.2) is 29.6 Å². The molecule has 3 aliphatic heterocycles. The third kappa shape index (κ3) is 3.55. The Hall–Kier alpha value is -2.55. The quantitative estimate of drug-likeness (QED) is 0.633. The van der Waals surface area contributed by atoms with Crippen molar-refractivity contribution in [3.63, 3.8) is 0 Å². The molecule has 3 amide bonds. The summed E-state index contributed by atoms with van der Waals surface area (Å²) < 4.78 is 0. The van der Waals surface area contributed by atoms with Crippen molar-refractivity contribution in [2.75, 3.05) is 13.1 Å². The topological polar surface area (TPSA) is 90.5 Å². The van der Waals surface area contributed by atoms with E-state index in [1.165, 1.54) is 10.4 Å². The van der Waals surface area contributed by atoms with Crippen LogP contribution in [0.25, 0.3) is 0 Å². The first kappa shape index (κ1) is 19.4. The number of hydrogen-bond acceptors (Lipinski definition) is 6. The molecule has 0 radical (unpaired) electrons. The summed E-state index contributed by atoms with van der Waals surface area (Å²) in [6, 6.07) is 7.90. The van der Waals surface area contributed by atoms with Gasteiger partial charge in [0.15, 0.2) is 0 Å². The van der Waals surface area contributed by atoms with Crippen LogP contribution in [0.5, 0.6) is 0 Å². The van der Waals surface area contributed by atoms with Crippen LogP contribution >= 0.6 is 11.3 Å². The van der Waals surface area contributed by atoms with E-state index in [-0.39, 0.29) is 24.1 Å². The summed E-state index contributed by atoms with van der Waals surface area (Å²) in [4.78, 5) is 39.6. The van der Waals surface area contributed by atoms with Gasteiger partial charge in [0.05, 0.1) is 0 Å². The van der Waals surface area contributed by atoms with Crippen molar-refractivity contribution in [3.8, 4) is 0 Å². The zero-order valence-electron chi connectivity index (χ0n) is 16.6. The lowest BCUT2D eigenvalue weighted by Crippen LogP contribution is -2.52. The first-order valence-electron chi connectivity index (χ1n) is 10.4. The largest absolute Gasteiger partial charge is 0.322 e. The Morgan fingerprint density at radius 3 is 2.93 bits per heavy atom. The first-order chi connectivity index (χ1) is 14.6. The molecule has 1 aromatic heterocycles. The second kappa shape index (κ2) is 7.94. The Morgan fingerprint density at radius 2 is 2.07 bits per heavy atom. The highest BCUT2D eigenvalue weighted by molar-refractivity contribution is 7.10. The molecule has 2 unspecified atom stereocenters. The number of nitrogens with zero attached hydrogens (tertiary/aromatic N) is 1. The number of benzene rings is 1. The van der Waals surface area contributed by atoms with E-state index in [0.29, 0.717) is 31.1 Å². The van der Waals surface area contributed by atoms with E-state index in [4.69, 9.17) is 0 Å². The Labute approximate surface area is 178 Å². The molecular formula is C22H24N4O3S. The van der Waals surface area contributed by atoms with E-state index in [0.717, 1.165) is 30.6 Å². The van der Waals surface area contributed by atoms with Gasteiger partial charge in [-0.15, -0.1) is 11.3 Å². The fraction of sp³-hybridized carbons (Fsp3) is 0.409. The molecule has 1 aromatic carbocycles. The lowest BCUT2D eigenvalue weighted by molar-refractivity contribution is -0.136. The monoisotopic (exact) mass is 424 g/mol. The van der Waals surface area contributed by atoms with Gasteiger partial charge in [0.1, 0.15) is 6.04 Å². The zero-order chi connectivity index (χ0) is 20.7. The maximum absolute atomic E-state index is 12.9. The summed E-state index contributed by atoms with van der Waals surface area (Å²) in [5.41, 5.74) is 4.04. The highest BCUT2D eigenvalue weighted by Crippen LogP contribution is 2.29. The SMILES string of the molecule is O=C1CCC(N2Cc3ccc(CNCC4NCCc5sccc54)cc3C2=O)C(=O)N1. The summed E-state index contributed by atoms with van der Waals surface area (Å²) in [6.07, 6.45) is 1.75. The normalized spacial score (nSPS) is 23.3. The first-order valence-corrected chi connectivity index (χ1v) is 11.2. The number of nitrogens with one attached hydrogen (secondary N) is 3. The summed E-state index contributed by atoms with van der Waals surface area (Å²) in [7, 11) is 0. The number of piperidine rings is 1. The average molecular weight is 425 g/mol. The van der Waals surface area contributed by atoms with Gasteiger partial charge in [-0.1, -0.05) is 12.1 Å². The van der Waals surface area contributed by atoms with Gasteiger partial charge in [-0.25, -0.2) is 0 Å². The zero-order valence-corrected chi connectivity index (χ0v) is 17.4. The molecule has 1 fully saturated rings. The van der Waals surface area contributed by atoms with Crippen LogP contribution < -0.4 is 16.0 Å². The number of rotatable bonds is 5. The standard InChI is InChI=1S/C22H24N4O3S/c27-20-4-3-18(21(28)25-20)26-12-14-2-1-13(9-16(14)22(26)29)10-23-11-17-15-6-8-30-19(15)5-7-24-17/h1-2,6,8-9,17-18,23-24H,3-5,7,10-12H2,(H,25,27,28). The lowest BCUT2D eigenvalue weighted by Gasteiger charge is -2.29. The molecule has 0 saturated carbocycles. The van der Waals surface area contributed by atoms with E-state index in [2.05, 4.69) is 27.4 Å². The van der Waals surface area contributed by atoms with Crippen LogP contribution in [0.4, 0.5) is 0 Å². The molecule has 1 saturated heterocycles. The van der Waals surface area contributed by atoms with Crippen molar-refractivity contribution >= 4 is 29.1 Å².